The maximum atomic E-state index is 11.7. The Kier molecular flexibility index (Phi) is 5.77. The SMILES string of the molecule is CC(C)CC(CN)NC(=O)CCc1ccco1. The van der Waals surface area contributed by atoms with Crippen LogP contribution in [0.1, 0.15) is 32.4 Å². The van der Waals surface area contributed by atoms with Crippen LogP contribution in [0.25, 0.3) is 0 Å². The van der Waals surface area contributed by atoms with Crippen molar-refractivity contribution in [3.63, 3.8) is 0 Å². The van der Waals surface area contributed by atoms with Crippen LogP contribution < -0.4 is 11.1 Å². The molecule has 0 aliphatic heterocycles. The number of hydrogen-bond acceptors (Lipinski definition) is 3. The number of furan rings is 1. The summed E-state index contributed by atoms with van der Waals surface area (Å²) < 4.78 is 5.18. The van der Waals surface area contributed by atoms with Crippen LogP contribution >= 0.6 is 0 Å². The van der Waals surface area contributed by atoms with Crippen molar-refractivity contribution in [1.29, 1.82) is 0 Å². The van der Waals surface area contributed by atoms with Crippen molar-refractivity contribution in [2.24, 2.45) is 11.7 Å². The van der Waals surface area contributed by atoms with E-state index in [1.54, 1.807) is 6.26 Å². The summed E-state index contributed by atoms with van der Waals surface area (Å²) in [6, 6.07) is 3.79. The standard InChI is InChI=1S/C13H22N2O2/c1-10(2)8-11(9-14)15-13(16)6-5-12-4-3-7-17-12/h3-4,7,10-11H,5-6,8-9,14H2,1-2H3,(H,15,16). The van der Waals surface area contributed by atoms with E-state index in [0.717, 1.165) is 12.2 Å². The third-order valence-corrected chi connectivity index (χ3v) is 2.58. The van der Waals surface area contributed by atoms with Gasteiger partial charge in [0.1, 0.15) is 5.76 Å². The fraction of sp³-hybridized carbons (Fsp3) is 0.615. The van der Waals surface area contributed by atoms with Crippen molar-refractivity contribution in [2.45, 2.75) is 39.2 Å². The molecule has 3 N–H and O–H groups in total. The van der Waals surface area contributed by atoms with Crippen LogP contribution in [0, 0.1) is 5.92 Å². The lowest BCUT2D eigenvalue weighted by atomic mass is 10.0. The van der Waals surface area contributed by atoms with Gasteiger partial charge in [-0.2, -0.15) is 0 Å². The number of carbonyl (C=O) groups is 1. The molecule has 0 spiro atoms. The van der Waals surface area contributed by atoms with Crippen molar-refractivity contribution in [1.82, 2.24) is 5.32 Å². The van der Waals surface area contributed by atoms with Gasteiger partial charge in [-0.25, -0.2) is 0 Å². The molecule has 0 bridgehead atoms. The second-order valence-corrected chi connectivity index (χ2v) is 4.71. The third kappa shape index (κ3) is 5.54. The van der Waals surface area contributed by atoms with E-state index in [4.69, 9.17) is 10.2 Å². The van der Waals surface area contributed by atoms with Gasteiger partial charge < -0.3 is 15.5 Å². The van der Waals surface area contributed by atoms with E-state index in [2.05, 4.69) is 19.2 Å². The molecule has 1 heterocycles. The molecule has 1 unspecified atom stereocenters. The van der Waals surface area contributed by atoms with Crippen molar-refractivity contribution >= 4 is 5.91 Å². The average Bonchev–Trinajstić information content (AvgIpc) is 2.77. The van der Waals surface area contributed by atoms with Crippen LogP contribution in [-0.2, 0) is 11.2 Å². The van der Waals surface area contributed by atoms with Gasteiger partial charge in [-0.1, -0.05) is 13.8 Å². The Bertz CT molecular complexity index is 320. The topological polar surface area (TPSA) is 68.3 Å². The number of carbonyl (C=O) groups excluding carboxylic acids is 1. The molecule has 0 aliphatic carbocycles. The Hall–Kier alpha value is -1.29. The van der Waals surface area contributed by atoms with E-state index in [1.807, 2.05) is 12.1 Å². The minimum atomic E-state index is 0.0394. The summed E-state index contributed by atoms with van der Waals surface area (Å²) in [6.45, 7) is 4.74. The first-order valence-corrected chi connectivity index (χ1v) is 6.13. The van der Waals surface area contributed by atoms with Gasteiger partial charge in [-0.3, -0.25) is 4.79 Å². The molecular weight excluding hydrogens is 216 g/mol. The van der Waals surface area contributed by atoms with E-state index in [9.17, 15) is 4.79 Å². The fourth-order valence-corrected chi connectivity index (χ4v) is 1.77. The number of amides is 1. The van der Waals surface area contributed by atoms with Crippen LogP contribution in [-0.4, -0.2) is 18.5 Å². The van der Waals surface area contributed by atoms with E-state index < -0.39 is 0 Å². The van der Waals surface area contributed by atoms with E-state index in [-0.39, 0.29) is 11.9 Å². The average molecular weight is 238 g/mol. The highest BCUT2D eigenvalue weighted by atomic mass is 16.3. The van der Waals surface area contributed by atoms with Crippen molar-refractivity contribution in [2.75, 3.05) is 6.54 Å². The number of rotatable bonds is 7. The molecule has 1 amide bonds. The maximum Gasteiger partial charge on any atom is 0.220 e. The minimum Gasteiger partial charge on any atom is -0.469 e. The Morgan fingerprint density at radius 2 is 2.29 bits per heavy atom. The highest BCUT2D eigenvalue weighted by molar-refractivity contribution is 5.76. The van der Waals surface area contributed by atoms with Gasteiger partial charge in [-0.05, 0) is 24.5 Å². The zero-order chi connectivity index (χ0) is 12.7. The Morgan fingerprint density at radius 3 is 2.82 bits per heavy atom. The van der Waals surface area contributed by atoms with Gasteiger partial charge in [0, 0.05) is 25.4 Å². The molecule has 0 aromatic carbocycles. The molecule has 0 fully saturated rings. The molecule has 1 aromatic rings. The Balaban J connectivity index is 2.27. The lowest BCUT2D eigenvalue weighted by Gasteiger charge is -2.18. The van der Waals surface area contributed by atoms with E-state index >= 15 is 0 Å². The molecule has 4 heteroatoms. The smallest absolute Gasteiger partial charge is 0.220 e. The zero-order valence-electron chi connectivity index (χ0n) is 10.6. The number of nitrogens with two attached hydrogens (primary N) is 1. The lowest BCUT2D eigenvalue weighted by molar-refractivity contribution is -0.121. The molecule has 1 atom stereocenters. The van der Waals surface area contributed by atoms with Gasteiger partial charge in [0.15, 0.2) is 0 Å². The second-order valence-electron chi connectivity index (χ2n) is 4.71. The fourth-order valence-electron chi connectivity index (χ4n) is 1.77. The van der Waals surface area contributed by atoms with Crippen molar-refractivity contribution in [3.8, 4) is 0 Å². The van der Waals surface area contributed by atoms with Crippen LogP contribution in [0.15, 0.2) is 22.8 Å². The van der Waals surface area contributed by atoms with Gasteiger partial charge in [0.2, 0.25) is 5.91 Å². The summed E-state index contributed by atoms with van der Waals surface area (Å²) in [5, 5.41) is 2.95. The molecule has 0 saturated carbocycles. The van der Waals surface area contributed by atoms with Gasteiger partial charge >= 0.3 is 0 Å². The van der Waals surface area contributed by atoms with Crippen molar-refractivity contribution < 1.29 is 9.21 Å². The summed E-state index contributed by atoms with van der Waals surface area (Å²) in [4.78, 5) is 11.7. The first-order valence-electron chi connectivity index (χ1n) is 6.13. The van der Waals surface area contributed by atoms with Crippen LogP contribution in [0.5, 0.6) is 0 Å². The monoisotopic (exact) mass is 238 g/mol. The molecule has 1 aromatic heterocycles. The van der Waals surface area contributed by atoms with Crippen LogP contribution in [0.4, 0.5) is 0 Å². The summed E-state index contributed by atoms with van der Waals surface area (Å²) in [5.74, 6) is 1.42. The zero-order valence-corrected chi connectivity index (χ0v) is 10.6. The number of aryl methyl sites for hydroxylation is 1. The van der Waals surface area contributed by atoms with Gasteiger partial charge in [-0.15, -0.1) is 0 Å². The van der Waals surface area contributed by atoms with Crippen LogP contribution in [0.3, 0.4) is 0 Å². The van der Waals surface area contributed by atoms with Gasteiger partial charge in [0.25, 0.3) is 0 Å². The molecule has 0 saturated heterocycles. The van der Waals surface area contributed by atoms with E-state index in [0.29, 0.717) is 25.3 Å². The van der Waals surface area contributed by atoms with Gasteiger partial charge in [0.05, 0.1) is 6.26 Å². The Morgan fingerprint density at radius 1 is 1.53 bits per heavy atom. The predicted octanol–water partition coefficient (Wildman–Crippen LogP) is 1.70. The quantitative estimate of drug-likeness (QED) is 0.759. The Labute approximate surface area is 103 Å². The minimum absolute atomic E-state index is 0.0394. The number of nitrogens with one attached hydrogen (secondary N) is 1. The van der Waals surface area contributed by atoms with E-state index in [1.165, 1.54) is 0 Å². The molecule has 1 rings (SSSR count). The highest BCUT2D eigenvalue weighted by Gasteiger charge is 2.12. The maximum absolute atomic E-state index is 11.7. The van der Waals surface area contributed by atoms with Crippen molar-refractivity contribution in [3.05, 3.63) is 24.2 Å². The normalized spacial score (nSPS) is 12.7. The number of hydrogen-bond donors (Lipinski definition) is 2. The molecule has 0 aliphatic rings. The first-order chi connectivity index (χ1) is 8.11. The largest absolute Gasteiger partial charge is 0.469 e. The lowest BCUT2D eigenvalue weighted by Crippen LogP contribution is -2.41. The molecule has 0 radical (unpaired) electrons. The molecule has 17 heavy (non-hydrogen) atoms. The summed E-state index contributed by atoms with van der Waals surface area (Å²) in [7, 11) is 0. The first kappa shape index (κ1) is 13.8. The second kappa shape index (κ2) is 7.12. The third-order valence-electron chi connectivity index (χ3n) is 2.58. The highest BCUT2D eigenvalue weighted by Crippen LogP contribution is 2.06. The predicted molar refractivity (Wildman–Crippen MR) is 67.5 cm³/mol. The molecule has 4 nitrogen and oxygen atoms in total. The molecule has 96 valence electrons. The van der Waals surface area contributed by atoms with Crippen LogP contribution in [0.2, 0.25) is 0 Å². The summed E-state index contributed by atoms with van der Waals surface area (Å²) in [6.07, 6.45) is 3.62. The summed E-state index contributed by atoms with van der Waals surface area (Å²) >= 11 is 0. The summed E-state index contributed by atoms with van der Waals surface area (Å²) in [5.41, 5.74) is 5.63. The molecular formula is C13H22N2O2.